The van der Waals surface area contributed by atoms with Gasteiger partial charge in [0.15, 0.2) is 11.5 Å². The van der Waals surface area contributed by atoms with E-state index in [9.17, 15) is 4.39 Å². The number of anilines is 1. The summed E-state index contributed by atoms with van der Waals surface area (Å²) in [4.78, 5) is 0. The molecule has 0 saturated carbocycles. The van der Waals surface area contributed by atoms with E-state index in [0.29, 0.717) is 51.0 Å². The highest BCUT2D eigenvalue weighted by molar-refractivity contribution is 6.35. The molecule has 0 bridgehead atoms. The van der Waals surface area contributed by atoms with E-state index in [0.717, 1.165) is 5.56 Å². The van der Waals surface area contributed by atoms with E-state index in [-0.39, 0.29) is 12.4 Å². The lowest BCUT2D eigenvalue weighted by Gasteiger charge is -2.16. The quantitative estimate of drug-likeness (QED) is 0.385. The maximum Gasteiger partial charge on any atom is 0.163 e. The lowest BCUT2D eigenvalue weighted by atomic mass is 10.2. The van der Waals surface area contributed by atoms with Crippen LogP contribution in [0, 0.1) is 5.82 Å². The van der Waals surface area contributed by atoms with Gasteiger partial charge in [0.05, 0.1) is 17.3 Å². The summed E-state index contributed by atoms with van der Waals surface area (Å²) in [7, 11) is 0. The standard InChI is InChI=1S/C22H19Cl3FNO2/c1-2-28-21-9-15(12-27-20-10-16(23)7-8-17(20)24)18(25)11-22(21)29-13-14-5-3-4-6-19(14)26/h3-11,27H,2,12-13H2,1H3. The second-order valence-corrected chi connectivity index (χ2v) is 7.43. The molecular weight excluding hydrogens is 436 g/mol. The zero-order valence-electron chi connectivity index (χ0n) is 15.6. The van der Waals surface area contributed by atoms with Crippen molar-refractivity contribution in [2.45, 2.75) is 20.1 Å². The van der Waals surface area contributed by atoms with Crippen LogP contribution in [0.3, 0.4) is 0 Å². The van der Waals surface area contributed by atoms with Crippen LogP contribution >= 0.6 is 34.8 Å². The van der Waals surface area contributed by atoms with E-state index in [1.54, 1.807) is 48.5 Å². The fourth-order valence-corrected chi connectivity index (χ4v) is 3.27. The number of halogens is 4. The molecule has 1 N–H and O–H groups in total. The molecule has 0 unspecified atom stereocenters. The average Bonchev–Trinajstić information content (AvgIpc) is 2.70. The average molecular weight is 455 g/mol. The van der Waals surface area contributed by atoms with Crippen LogP contribution in [0.2, 0.25) is 15.1 Å². The Bertz CT molecular complexity index is 998. The SMILES string of the molecule is CCOc1cc(CNc2cc(Cl)ccc2Cl)c(Cl)cc1OCc1ccccc1F. The maximum absolute atomic E-state index is 13.8. The van der Waals surface area contributed by atoms with Crippen LogP contribution < -0.4 is 14.8 Å². The number of benzene rings is 3. The first-order valence-corrected chi connectivity index (χ1v) is 10.1. The van der Waals surface area contributed by atoms with E-state index < -0.39 is 0 Å². The van der Waals surface area contributed by atoms with E-state index in [2.05, 4.69) is 5.32 Å². The normalized spacial score (nSPS) is 10.7. The molecule has 0 heterocycles. The molecule has 0 saturated heterocycles. The first kappa shape index (κ1) is 21.6. The molecule has 3 nitrogen and oxygen atoms in total. The molecular formula is C22H19Cl3FNO2. The molecule has 0 amide bonds. The van der Waals surface area contributed by atoms with Gasteiger partial charge in [-0.2, -0.15) is 0 Å². The largest absolute Gasteiger partial charge is 0.490 e. The van der Waals surface area contributed by atoms with Crippen molar-refractivity contribution >= 4 is 40.5 Å². The van der Waals surface area contributed by atoms with Crippen molar-refractivity contribution in [1.82, 2.24) is 0 Å². The molecule has 3 aromatic rings. The summed E-state index contributed by atoms with van der Waals surface area (Å²) in [6, 6.07) is 15.1. The van der Waals surface area contributed by atoms with Gasteiger partial charge in [0.1, 0.15) is 12.4 Å². The minimum absolute atomic E-state index is 0.0682. The summed E-state index contributed by atoms with van der Waals surface area (Å²) < 4.78 is 25.3. The molecule has 0 atom stereocenters. The van der Waals surface area contributed by atoms with Crippen LogP contribution in [0.1, 0.15) is 18.1 Å². The smallest absolute Gasteiger partial charge is 0.163 e. The summed E-state index contributed by atoms with van der Waals surface area (Å²) >= 11 is 18.7. The summed E-state index contributed by atoms with van der Waals surface area (Å²) in [6.45, 7) is 2.80. The summed E-state index contributed by atoms with van der Waals surface area (Å²) in [5.41, 5.74) is 1.95. The predicted octanol–water partition coefficient (Wildman–Crippen LogP) is 7.38. The van der Waals surface area contributed by atoms with Crippen LogP contribution in [-0.4, -0.2) is 6.61 Å². The fraction of sp³-hybridized carbons (Fsp3) is 0.182. The molecule has 0 aliphatic carbocycles. The van der Waals surface area contributed by atoms with Crippen LogP contribution in [0.5, 0.6) is 11.5 Å². The Morgan fingerprint density at radius 3 is 2.38 bits per heavy atom. The molecule has 0 aliphatic rings. The van der Waals surface area contributed by atoms with E-state index in [4.69, 9.17) is 44.3 Å². The highest BCUT2D eigenvalue weighted by atomic mass is 35.5. The molecule has 0 aliphatic heterocycles. The van der Waals surface area contributed by atoms with Crippen LogP contribution in [0.25, 0.3) is 0 Å². The Labute approximate surface area is 184 Å². The molecule has 3 aromatic carbocycles. The topological polar surface area (TPSA) is 30.5 Å². The van der Waals surface area contributed by atoms with Crippen molar-refractivity contribution in [3.05, 3.63) is 86.6 Å². The Kier molecular flexibility index (Phi) is 7.48. The van der Waals surface area contributed by atoms with Gasteiger partial charge in [-0.3, -0.25) is 0 Å². The molecule has 3 rings (SSSR count). The van der Waals surface area contributed by atoms with E-state index in [1.165, 1.54) is 6.07 Å². The molecule has 0 aromatic heterocycles. The van der Waals surface area contributed by atoms with Crippen molar-refractivity contribution in [3.63, 3.8) is 0 Å². The predicted molar refractivity (Wildman–Crippen MR) is 117 cm³/mol. The van der Waals surface area contributed by atoms with Crippen molar-refractivity contribution in [2.24, 2.45) is 0 Å². The molecule has 7 heteroatoms. The highest BCUT2D eigenvalue weighted by Gasteiger charge is 2.13. The fourth-order valence-electron chi connectivity index (χ4n) is 2.69. The summed E-state index contributed by atoms with van der Waals surface area (Å²) in [6.07, 6.45) is 0. The van der Waals surface area contributed by atoms with Crippen LogP contribution in [0.15, 0.2) is 54.6 Å². The van der Waals surface area contributed by atoms with Crippen molar-refractivity contribution in [3.8, 4) is 11.5 Å². The number of hydrogen-bond acceptors (Lipinski definition) is 3. The van der Waals surface area contributed by atoms with Crippen molar-refractivity contribution < 1.29 is 13.9 Å². The third kappa shape index (κ3) is 5.69. The summed E-state index contributed by atoms with van der Waals surface area (Å²) in [5.74, 6) is 0.655. The zero-order chi connectivity index (χ0) is 20.8. The number of nitrogens with one attached hydrogen (secondary N) is 1. The lowest BCUT2D eigenvalue weighted by Crippen LogP contribution is -2.05. The summed E-state index contributed by atoms with van der Waals surface area (Å²) in [5, 5.41) is 4.84. The third-order valence-electron chi connectivity index (χ3n) is 4.15. The lowest BCUT2D eigenvalue weighted by molar-refractivity contribution is 0.265. The molecule has 0 spiro atoms. The zero-order valence-corrected chi connectivity index (χ0v) is 17.9. The van der Waals surface area contributed by atoms with Gasteiger partial charge in [0.25, 0.3) is 0 Å². The number of hydrogen-bond donors (Lipinski definition) is 1. The number of rotatable bonds is 8. The molecule has 0 fully saturated rings. The van der Waals surface area contributed by atoms with Gasteiger partial charge in [-0.05, 0) is 42.8 Å². The maximum atomic E-state index is 13.8. The van der Waals surface area contributed by atoms with Crippen molar-refractivity contribution in [1.29, 1.82) is 0 Å². The molecule has 152 valence electrons. The van der Waals surface area contributed by atoms with E-state index >= 15 is 0 Å². The van der Waals surface area contributed by atoms with Gasteiger partial charge < -0.3 is 14.8 Å². The van der Waals surface area contributed by atoms with Gasteiger partial charge in [-0.1, -0.05) is 53.0 Å². The highest BCUT2D eigenvalue weighted by Crippen LogP contribution is 2.35. The first-order chi connectivity index (χ1) is 14.0. The van der Waals surface area contributed by atoms with Crippen molar-refractivity contribution in [2.75, 3.05) is 11.9 Å². The second kappa shape index (κ2) is 10.1. The van der Waals surface area contributed by atoms with Gasteiger partial charge in [-0.15, -0.1) is 0 Å². The Morgan fingerprint density at radius 2 is 1.62 bits per heavy atom. The Balaban J connectivity index is 1.78. The van der Waals surface area contributed by atoms with Gasteiger partial charge in [0, 0.05) is 28.2 Å². The minimum atomic E-state index is -0.323. The molecule has 0 radical (unpaired) electrons. The van der Waals surface area contributed by atoms with Gasteiger partial charge in [-0.25, -0.2) is 4.39 Å². The van der Waals surface area contributed by atoms with Crippen LogP contribution in [0.4, 0.5) is 10.1 Å². The Morgan fingerprint density at radius 1 is 0.862 bits per heavy atom. The monoisotopic (exact) mass is 453 g/mol. The second-order valence-electron chi connectivity index (χ2n) is 6.18. The van der Waals surface area contributed by atoms with Crippen LogP contribution in [-0.2, 0) is 13.2 Å². The number of ether oxygens (including phenoxy) is 2. The Hall–Kier alpha value is -2.14. The van der Waals surface area contributed by atoms with Gasteiger partial charge >= 0.3 is 0 Å². The molecule has 29 heavy (non-hydrogen) atoms. The van der Waals surface area contributed by atoms with Gasteiger partial charge in [0.2, 0.25) is 0 Å². The third-order valence-corrected chi connectivity index (χ3v) is 5.07. The minimum Gasteiger partial charge on any atom is -0.490 e. The first-order valence-electron chi connectivity index (χ1n) is 8.98. The van der Waals surface area contributed by atoms with E-state index in [1.807, 2.05) is 6.92 Å².